The average Bonchev–Trinajstić information content (AvgIpc) is 3.17. The molecule has 0 aliphatic heterocycles. The molecule has 2 aromatic carbocycles. The Kier molecular flexibility index (Phi) is 5.16. The van der Waals surface area contributed by atoms with Crippen LogP contribution in [0.1, 0.15) is 40.6 Å². The molecule has 0 unspecified atom stereocenters. The number of aryl methyl sites for hydroxylation is 4. The van der Waals surface area contributed by atoms with Crippen molar-refractivity contribution in [1.29, 1.82) is 0 Å². The third kappa shape index (κ3) is 3.59. The summed E-state index contributed by atoms with van der Waals surface area (Å²) in [6, 6.07) is 8.66. The third-order valence-electron chi connectivity index (χ3n) is 4.65. The lowest BCUT2D eigenvalue weighted by molar-refractivity contribution is 0.0696. The number of aromatic amines is 1. The van der Waals surface area contributed by atoms with E-state index >= 15 is 0 Å². The highest BCUT2D eigenvalue weighted by Gasteiger charge is 2.18. The number of ether oxygens (including phenoxy) is 1. The van der Waals surface area contributed by atoms with E-state index in [0.29, 0.717) is 22.8 Å². The molecular weight excluding hydrogens is 370 g/mol. The normalized spacial score (nSPS) is 10.8. The Balaban J connectivity index is 0.00000240. The molecule has 0 spiro atoms. The van der Waals surface area contributed by atoms with Gasteiger partial charge in [-0.1, -0.05) is 18.6 Å². The molecule has 0 bridgehead atoms. The zero-order chi connectivity index (χ0) is 20.0. The van der Waals surface area contributed by atoms with Crippen molar-refractivity contribution in [2.45, 2.75) is 35.1 Å². The smallest absolute Gasteiger partial charge is 0.335 e. The van der Waals surface area contributed by atoms with E-state index in [4.69, 9.17) is 9.26 Å². The Morgan fingerprint density at radius 3 is 2.52 bits per heavy atom. The molecule has 0 atom stereocenters. The van der Waals surface area contributed by atoms with E-state index in [1.54, 1.807) is 12.1 Å². The zero-order valence-electron chi connectivity index (χ0n) is 16.0. The van der Waals surface area contributed by atoms with Gasteiger partial charge in [-0.2, -0.15) is 0 Å². The topological polar surface area (TPSA) is 101 Å². The number of nitrogens with one attached hydrogen (secondary N) is 1. The molecule has 150 valence electrons. The zero-order valence-corrected chi connectivity index (χ0v) is 16.0. The molecule has 4 aromatic rings. The van der Waals surface area contributed by atoms with Crippen LogP contribution in [0.15, 0.2) is 34.9 Å². The highest BCUT2D eigenvalue weighted by molar-refractivity contribution is 5.90. The SMILES string of the molecule is C.Cc1nc2c(Oc3cc(C(=O)O)ccc3C)cc(-c3c(C)noc3C)cc2[nH]1. The molecule has 0 saturated carbocycles. The second-order valence-corrected chi connectivity index (χ2v) is 6.78. The molecule has 0 radical (unpaired) electrons. The number of hydrogen-bond donors (Lipinski definition) is 2. The summed E-state index contributed by atoms with van der Waals surface area (Å²) in [5.74, 6) is 1.46. The monoisotopic (exact) mass is 393 g/mol. The summed E-state index contributed by atoms with van der Waals surface area (Å²) in [6.07, 6.45) is 0. The summed E-state index contributed by atoms with van der Waals surface area (Å²) in [6.45, 7) is 7.48. The van der Waals surface area contributed by atoms with Gasteiger partial charge in [0.2, 0.25) is 0 Å². The van der Waals surface area contributed by atoms with Gasteiger partial charge in [0.15, 0.2) is 5.75 Å². The summed E-state index contributed by atoms with van der Waals surface area (Å²) < 4.78 is 11.5. The number of imidazole rings is 1. The van der Waals surface area contributed by atoms with Gasteiger partial charge >= 0.3 is 5.97 Å². The van der Waals surface area contributed by atoms with E-state index in [0.717, 1.165) is 33.7 Å². The number of carbonyl (C=O) groups is 1. The van der Waals surface area contributed by atoms with Gasteiger partial charge in [-0.25, -0.2) is 9.78 Å². The lowest BCUT2D eigenvalue weighted by Crippen LogP contribution is -1.98. The van der Waals surface area contributed by atoms with Gasteiger partial charge in [-0.15, -0.1) is 0 Å². The van der Waals surface area contributed by atoms with E-state index < -0.39 is 5.97 Å². The van der Waals surface area contributed by atoms with Gasteiger partial charge in [-0.3, -0.25) is 0 Å². The maximum Gasteiger partial charge on any atom is 0.335 e. The number of rotatable bonds is 4. The maximum atomic E-state index is 11.3. The third-order valence-corrected chi connectivity index (χ3v) is 4.65. The van der Waals surface area contributed by atoms with Crippen LogP contribution in [0.5, 0.6) is 11.5 Å². The largest absolute Gasteiger partial charge is 0.478 e. The molecule has 0 fully saturated rings. The number of carboxylic acids is 1. The van der Waals surface area contributed by atoms with Crippen molar-refractivity contribution >= 4 is 17.0 Å². The van der Waals surface area contributed by atoms with E-state index in [1.807, 2.05) is 39.8 Å². The first-order valence-corrected chi connectivity index (χ1v) is 8.79. The number of nitrogens with zero attached hydrogens (tertiary/aromatic N) is 2. The van der Waals surface area contributed by atoms with Gasteiger partial charge in [0.25, 0.3) is 0 Å². The highest BCUT2D eigenvalue weighted by atomic mass is 16.5. The molecule has 2 heterocycles. The summed E-state index contributed by atoms with van der Waals surface area (Å²) in [5, 5.41) is 13.3. The minimum absolute atomic E-state index is 0. The number of hydrogen-bond acceptors (Lipinski definition) is 5. The minimum Gasteiger partial charge on any atom is -0.478 e. The Bertz CT molecular complexity index is 1200. The van der Waals surface area contributed by atoms with Crippen LogP contribution in [0.25, 0.3) is 22.2 Å². The molecule has 7 heteroatoms. The van der Waals surface area contributed by atoms with Crippen LogP contribution in [-0.4, -0.2) is 26.2 Å². The first-order valence-electron chi connectivity index (χ1n) is 8.79. The molecule has 0 aliphatic carbocycles. The van der Waals surface area contributed by atoms with Crippen LogP contribution in [0.3, 0.4) is 0 Å². The fraction of sp³-hybridized carbons (Fsp3) is 0.227. The molecule has 2 aromatic heterocycles. The Morgan fingerprint density at radius 1 is 1.10 bits per heavy atom. The molecule has 0 amide bonds. The van der Waals surface area contributed by atoms with E-state index in [2.05, 4.69) is 15.1 Å². The van der Waals surface area contributed by atoms with Crippen molar-refractivity contribution in [3.05, 3.63) is 58.7 Å². The lowest BCUT2D eigenvalue weighted by Gasteiger charge is -2.12. The molecule has 2 N–H and O–H groups in total. The van der Waals surface area contributed by atoms with Crippen LogP contribution >= 0.6 is 0 Å². The summed E-state index contributed by atoms with van der Waals surface area (Å²) >= 11 is 0. The molecule has 29 heavy (non-hydrogen) atoms. The number of aromatic carboxylic acids is 1. The van der Waals surface area contributed by atoms with Crippen LogP contribution < -0.4 is 4.74 Å². The van der Waals surface area contributed by atoms with E-state index in [-0.39, 0.29) is 13.0 Å². The van der Waals surface area contributed by atoms with Crippen LogP contribution in [0.4, 0.5) is 0 Å². The van der Waals surface area contributed by atoms with Crippen LogP contribution in [-0.2, 0) is 0 Å². The molecule has 4 rings (SSSR count). The van der Waals surface area contributed by atoms with E-state index in [9.17, 15) is 9.90 Å². The fourth-order valence-electron chi connectivity index (χ4n) is 3.29. The van der Waals surface area contributed by atoms with Gasteiger partial charge in [0, 0.05) is 5.56 Å². The van der Waals surface area contributed by atoms with Crippen molar-refractivity contribution in [3.8, 4) is 22.6 Å². The second kappa shape index (κ2) is 7.43. The standard InChI is InChI=1S/C21H19N3O4.CH4/c1-10-5-6-14(21(25)26)8-17(10)27-18-9-15(19-11(2)24-28-12(19)3)7-16-20(18)23-13(4)22-16;/h5-9H,1-4H3,(H,22,23)(H,25,26);1H4. The van der Waals surface area contributed by atoms with Gasteiger partial charge in [-0.05, 0) is 63.1 Å². The van der Waals surface area contributed by atoms with Crippen LogP contribution in [0.2, 0.25) is 0 Å². The van der Waals surface area contributed by atoms with Crippen molar-refractivity contribution in [3.63, 3.8) is 0 Å². The average molecular weight is 393 g/mol. The number of benzene rings is 2. The second-order valence-electron chi connectivity index (χ2n) is 6.78. The summed E-state index contributed by atoms with van der Waals surface area (Å²) in [5.41, 5.74) is 5.04. The quantitative estimate of drug-likeness (QED) is 0.469. The predicted octanol–water partition coefficient (Wildman–Crippen LogP) is 5.58. The number of H-pyrrole nitrogens is 1. The minimum atomic E-state index is -1.00. The first kappa shape index (κ1) is 20.1. The number of carboxylic acid groups (broad SMARTS) is 1. The molecule has 0 saturated heterocycles. The van der Waals surface area contributed by atoms with Gasteiger partial charge in [0.05, 0.1) is 16.8 Å². The van der Waals surface area contributed by atoms with Crippen molar-refractivity contribution in [2.75, 3.05) is 0 Å². The van der Waals surface area contributed by atoms with E-state index in [1.165, 1.54) is 6.07 Å². The fourth-order valence-corrected chi connectivity index (χ4v) is 3.29. The Labute approximate surface area is 168 Å². The highest BCUT2D eigenvalue weighted by Crippen LogP contribution is 2.37. The Morgan fingerprint density at radius 2 is 1.86 bits per heavy atom. The maximum absolute atomic E-state index is 11.3. The van der Waals surface area contributed by atoms with Gasteiger partial charge in [0.1, 0.15) is 22.9 Å². The lowest BCUT2D eigenvalue weighted by atomic mass is 10.0. The van der Waals surface area contributed by atoms with Crippen molar-refractivity contribution in [2.24, 2.45) is 0 Å². The predicted molar refractivity (Wildman–Crippen MR) is 111 cm³/mol. The summed E-state index contributed by atoms with van der Waals surface area (Å²) in [7, 11) is 0. The van der Waals surface area contributed by atoms with Crippen molar-refractivity contribution in [1.82, 2.24) is 15.1 Å². The summed E-state index contributed by atoms with van der Waals surface area (Å²) in [4.78, 5) is 19.1. The first-order chi connectivity index (χ1) is 13.3. The number of fused-ring (bicyclic) bond motifs is 1. The molecule has 7 nitrogen and oxygen atoms in total. The number of aromatic nitrogens is 3. The molecule has 0 aliphatic rings. The Hall–Kier alpha value is -3.61. The van der Waals surface area contributed by atoms with Gasteiger partial charge < -0.3 is 19.4 Å². The van der Waals surface area contributed by atoms with Crippen LogP contribution in [0, 0.1) is 27.7 Å². The van der Waals surface area contributed by atoms with Crippen molar-refractivity contribution < 1.29 is 19.2 Å². The molecular formula is C22H23N3O4.